The van der Waals surface area contributed by atoms with Crippen LogP contribution in [0, 0.1) is 0 Å². The van der Waals surface area contributed by atoms with Crippen LogP contribution in [0.3, 0.4) is 0 Å². The van der Waals surface area contributed by atoms with E-state index in [1.807, 2.05) is 6.92 Å². The second kappa shape index (κ2) is 7.14. The van der Waals surface area contributed by atoms with Gasteiger partial charge in [-0.3, -0.25) is 4.79 Å². The molecule has 1 aliphatic rings. The first kappa shape index (κ1) is 13.8. The number of nitrogens with one attached hydrogen (secondary N) is 1. The number of hydrogen-bond donors (Lipinski definition) is 2. The standard InChI is InChI=1S/C11H21NO3S/c1-3-5-12-9(11(13)14)7-16-10-4-6-15-8(10)2/h8-10,12H,3-7H2,1-2H3,(H,13,14). The number of carboxylic acid groups (broad SMARTS) is 1. The van der Waals surface area contributed by atoms with Crippen molar-refractivity contribution in [2.24, 2.45) is 0 Å². The number of carbonyl (C=O) groups is 1. The van der Waals surface area contributed by atoms with Gasteiger partial charge in [0.2, 0.25) is 0 Å². The lowest BCUT2D eigenvalue weighted by Gasteiger charge is -2.18. The molecule has 0 saturated carbocycles. The van der Waals surface area contributed by atoms with E-state index < -0.39 is 12.0 Å². The largest absolute Gasteiger partial charge is 0.480 e. The van der Waals surface area contributed by atoms with Gasteiger partial charge < -0.3 is 15.2 Å². The second-order valence-corrected chi connectivity index (χ2v) is 5.35. The van der Waals surface area contributed by atoms with Crippen molar-refractivity contribution in [2.45, 2.75) is 44.1 Å². The molecule has 1 saturated heterocycles. The van der Waals surface area contributed by atoms with Gasteiger partial charge in [-0.25, -0.2) is 0 Å². The highest BCUT2D eigenvalue weighted by atomic mass is 32.2. The summed E-state index contributed by atoms with van der Waals surface area (Å²) in [7, 11) is 0. The van der Waals surface area contributed by atoms with Gasteiger partial charge in [0.25, 0.3) is 0 Å². The van der Waals surface area contributed by atoms with Crippen LogP contribution in [0.5, 0.6) is 0 Å². The summed E-state index contributed by atoms with van der Waals surface area (Å²) < 4.78 is 5.45. The van der Waals surface area contributed by atoms with Crippen molar-refractivity contribution in [2.75, 3.05) is 18.9 Å². The summed E-state index contributed by atoms with van der Waals surface area (Å²) in [6, 6.07) is -0.433. The molecule has 0 amide bonds. The van der Waals surface area contributed by atoms with Crippen LogP contribution < -0.4 is 5.32 Å². The third-order valence-corrected chi connectivity index (χ3v) is 4.30. The molecule has 0 aromatic heterocycles. The molecule has 0 aromatic rings. The molecule has 4 nitrogen and oxygen atoms in total. The minimum absolute atomic E-state index is 0.255. The molecule has 16 heavy (non-hydrogen) atoms. The zero-order valence-corrected chi connectivity index (χ0v) is 10.8. The quantitative estimate of drug-likeness (QED) is 0.711. The maximum Gasteiger partial charge on any atom is 0.321 e. The van der Waals surface area contributed by atoms with E-state index >= 15 is 0 Å². The molecular formula is C11H21NO3S. The number of rotatable bonds is 7. The zero-order valence-electron chi connectivity index (χ0n) is 9.94. The molecule has 2 N–H and O–H groups in total. The Bertz CT molecular complexity index is 225. The van der Waals surface area contributed by atoms with Crippen molar-refractivity contribution in [3.05, 3.63) is 0 Å². The van der Waals surface area contributed by atoms with E-state index in [1.54, 1.807) is 11.8 Å². The van der Waals surface area contributed by atoms with Crippen LogP contribution in [-0.2, 0) is 9.53 Å². The smallest absolute Gasteiger partial charge is 0.321 e. The Morgan fingerprint density at radius 1 is 1.69 bits per heavy atom. The Morgan fingerprint density at radius 3 is 2.94 bits per heavy atom. The fraction of sp³-hybridized carbons (Fsp3) is 0.909. The average molecular weight is 247 g/mol. The molecule has 5 heteroatoms. The van der Waals surface area contributed by atoms with Gasteiger partial charge in [0, 0.05) is 17.6 Å². The summed E-state index contributed by atoms with van der Waals surface area (Å²) in [5.74, 6) is -0.138. The van der Waals surface area contributed by atoms with E-state index in [1.165, 1.54) is 0 Å². The molecule has 0 aliphatic carbocycles. The van der Waals surface area contributed by atoms with Crippen LogP contribution in [-0.4, -0.2) is 47.4 Å². The molecule has 0 aromatic carbocycles. The maximum atomic E-state index is 11.0. The third kappa shape index (κ3) is 4.31. The van der Waals surface area contributed by atoms with Crippen molar-refractivity contribution in [1.29, 1.82) is 0 Å². The van der Waals surface area contributed by atoms with Crippen LogP contribution in [0.15, 0.2) is 0 Å². The highest BCUT2D eigenvalue weighted by Crippen LogP contribution is 2.26. The normalized spacial score (nSPS) is 26.9. The SMILES string of the molecule is CCCNC(CSC1CCOC1C)C(=O)O. The average Bonchev–Trinajstić information content (AvgIpc) is 2.64. The van der Waals surface area contributed by atoms with Crippen molar-refractivity contribution < 1.29 is 14.6 Å². The third-order valence-electron chi connectivity index (χ3n) is 2.72. The molecule has 3 unspecified atom stereocenters. The summed E-state index contributed by atoms with van der Waals surface area (Å²) in [4.78, 5) is 11.0. The van der Waals surface area contributed by atoms with Gasteiger partial charge in [-0.05, 0) is 26.3 Å². The Hall–Kier alpha value is -0.260. The first-order valence-corrected chi connectivity index (χ1v) is 6.89. The van der Waals surface area contributed by atoms with E-state index in [0.29, 0.717) is 11.0 Å². The fourth-order valence-electron chi connectivity index (χ4n) is 1.69. The summed E-state index contributed by atoms with van der Waals surface area (Å²) in [6.07, 6.45) is 2.24. The van der Waals surface area contributed by atoms with Crippen molar-refractivity contribution in [3.63, 3.8) is 0 Å². The molecule has 1 rings (SSSR count). The van der Waals surface area contributed by atoms with E-state index in [4.69, 9.17) is 9.84 Å². The van der Waals surface area contributed by atoms with Crippen molar-refractivity contribution in [3.8, 4) is 0 Å². The summed E-state index contributed by atoms with van der Waals surface area (Å²) in [5, 5.41) is 12.5. The number of ether oxygens (including phenoxy) is 1. The Morgan fingerprint density at radius 2 is 2.44 bits per heavy atom. The molecule has 1 aliphatic heterocycles. The Kier molecular flexibility index (Phi) is 6.16. The summed E-state index contributed by atoms with van der Waals surface area (Å²) >= 11 is 1.71. The van der Waals surface area contributed by atoms with Gasteiger partial charge in [0.05, 0.1) is 6.10 Å². The molecule has 0 spiro atoms. The molecule has 3 atom stereocenters. The molecule has 1 heterocycles. The van der Waals surface area contributed by atoms with Crippen LogP contribution in [0.25, 0.3) is 0 Å². The van der Waals surface area contributed by atoms with Gasteiger partial charge in [-0.2, -0.15) is 11.8 Å². The second-order valence-electron chi connectivity index (χ2n) is 4.08. The van der Waals surface area contributed by atoms with E-state index in [0.717, 1.165) is 26.0 Å². The predicted octanol–water partition coefficient (Wildman–Crippen LogP) is 1.35. The predicted molar refractivity (Wildman–Crippen MR) is 66.0 cm³/mol. The van der Waals surface area contributed by atoms with E-state index in [9.17, 15) is 4.79 Å². The summed E-state index contributed by atoms with van der Waals surface area (Å²) in [6.45, 7) is 5.65. The van der Waals surface area contributed by atoms with Crippen molar-refractivity contribution >= 4 is 17.7 Å². The number of carboxylic acids is 1. The van der Waals surface area contributed by atoms with Gasteiger partial charge in [-0.15, -0.1) is 0 Å². The fourth-order valence-corrected chi connectivity index (χ4v) is 3.00. The highest BCUT2D eigenvalue weighted by Gasteiger charge is 2.26. The molecular weight excluding hydrogens is 226 g/mol. The first-order valence-electron chi connectivity index (χ1n) is 5.84. The molecule has 94 valence electrons. The summed E-state index contributed by atoms with van der Waals surface area (Å²) in [5.41, 5.74) is 0. The van der Waals surface area contributed by atoms with Crippen LogP contribution in [0.4, 0.5) is 0 Å². The van der Waals surface area contributed by atoms with Crippen LogP contribution in [0.2, 0.25) is 0 Å². The minimum atomic E-state index is -0.757. The van der Waals surface area contributed by atoms with Crippen LogP contribution >= 0.6 is 11.8 Å². The number of aliphatic carboxylic acids is 1. The number of thioether (sulfide) groups is 1. The minimum Gasteiger partial charge on any atom is -0.480 e. The Labute approximate surface area is 101 Å². The van der Waals surface area contributed by atoms with E-state index in [2.05, 4.69) is 12.2 Å². The van der Waals surface area contributed by atoms with Crippen LogP contribution in [0.1, 0.15) is 26.7 Å². The zero-order chi connectivity index (χ0) is 12.0. The monoisotopic (exact) mass is 247 g/mol. The maximum absolute atomic E-state index is 11.0. The molecule has 0 bridgehead atoms. The van der Waals surface area contributed by atoms with E-state index in [-0.39, 0.29) is 6.10 Å². The Balaban J connectivity index is 2.28. The number of hydrogen-bond acceptors (Lipinski definition) is 4. The van der Waals surface area contributed by atoms with Gasteiger partial charge in [0.1, 0.15) is 6.04 Å². The lowest BCUT2D eigenvalue weighted by Crippen LogP contribution is -2.39. The van der Waals surface area contributed by atoms with Crippen molar-refractivity contribution in [1.82, 2.24) is 5.32 Å². The van der Waals surface area contributed by atoms with Gasteiger partial charge in [-0.1, -0.05) is 6.92 Å². The first-order chi connectivity index (χ1) is 7.65. The van der Waals surface area contributed by atoms with Gasteiger partial charge in [0.15, 0.2) is 0 Å². The van der Waals surface area contributed by atoms with Gasteiger partial charge >= 0.3 is 5.97 Å². The lowest BCUT2D eigenvalue weighted by molar-refractivity contribution is -0.138. The highest BCUT2D eigenvalue weighted by molar-refractivity contribution is 8.00. The molecule has 1 fully saturated rings. The molecule has 0 radical (unpaired) electrons. The lowest BCUT2D eigenvalue weighted by atomic mass is 10.3. The topological polar surface area (TPSA) is 58.6 Å².